The minimum absolute atomic E-state index is 0. The van der Waals surface area contributed by atoms with Crippen LogP contribution in [0.5, 0.6) is 0 Å². The van der Waals surface area contributed by atoms with Crippen molar-refractivity contribution >= 4 is 11.4 Å². The first kappa shape index (κ1) is 29.5. The molecule has 4 N–H and O–H groups in total. The van der Waals surface area contributed by atoms with Crippen LogP contribution in [0.15, 0.2) is 18.2 Å². The van der Waals surface area contributed by atoms with E-state index in [0.29, 0.717) is 0 Å². The number of anilines is 2. The zero-order chi connectivity index (χ0) is 6.85. The van der Waals surface area contributed by atoms with Gasteiger partial charge < -0.3 is 27.9 Å². The van der Waals surface area contributed by atoms with Gasteiger partial charge in [0, 0.05) is 11.4 Å². The maximum Gasteiger partial charge on any atom is 3.00 e. The largest absolute Gasteiger partial charge is 3.00 e. The van der Waals surface area contributed by atoms with Crippen molar-refractivity contribution in [1.82, 2.24) is 0 Å². The zero-order valence-electron chi connectivity index (χ0n) is 7.61. The number of nitrogens with two attached hydrogens (primary N) is 2. The molecule has 1 aromatic rings. The summed E-state index contributed by atoms with van der Waals surface area (Å²) in [4.78, 5) is 0. The van der Waals surface area contributed by atoms with Crippen molar-refractivity contribution in [2.45, 2.75) is 6.92 Å². The number of benzene rings is 1. The number of nitrogen functional groups attached to an aromatic ring is 2. The summed E-state index contributed by atoms with van der Waals surface area (Å²) in [5.74, 6) is 0. The number of hydrogen-bond donors (Lipinski definition) is 2. The molecule has 0 aliphatic heterocycles. The molecule has 0 aliphatic rings. The van der Waals surface area contributed by atoms with Gasteiger partial charge in [0.25, 0.3) is 0 Å². The van der Waals surface area contributed by atoms with Crippen LogP contribution in [0.3, 0.4) is 0 Å². The van der Waals surface area contributed by atoms with Gasteiger partial charge in [-0.05, 0) is 24.6 Å². The molecule has 0 unspecified atom stereocenters. The molecule has 1 aromatic carbocycles. The van der Waals surface area contributed by atoms with Gasteiger partial charge in [-0.15, -0.1) is 0 Å². The summed E-state index contributed by atoms with van der Waals surface area (Å²) in [6, 6.07) is 5.51. The van der Waals surface area contributed by atoms with Crippen LogP contribution in [0.1, 0.15) is 5.56 Å². The first-order chi connectivity index (χ1) is 4.20. The third kappa shape index (κ3) is 9.99. The second-order valence-corrected chi connectivity index (χ2v) is 2.12. The van der Waals surface area contributed by atoms with E-state index in [4.69, 9.17) is 11.5 Å². The molecule has 5 nitrogen and oxygen atoms in total. The van der Waals surface area contributed by atoms with Crippen molar-refractivity contribution in [1.29, 1.82) is 0 Å². The van der Waals surface area contributed by atoms with E-state index in [1.165, 1.54) is 0 Å². The van der Waals surface area contributed by atoms with Crippen molar-refractivity contribution < 1.29 is 99.9 Å². The maximum atomic E-state index is 5.54. The van der Waals surface area contributed by atoms with Gasteiger partial charge in [0.2, 0.25) is 0 Å². The van der Waals surface area contributed by atoms with Crippen molar-refractivity contribution in [3.8, 4) is 0 Å². The molecule has 7 heteroatoms. The summed E-state index contributed by atoms with van der Waals surface area (Å²) < 4.78 is 0. The van der Waals surface area contributed by atoms with Gasteiger partial charge >= 0.3 is 83.5 Å². The summed E-state index contributed by atoms with van der Waals surface area (Å²) in [7, 11) is 0. The molecule has 0 fully saturated rings. The molecule has 74 valence electrons. The zero-order valence-corrected chi connectivity index (χ0v) is 13.9. The fraction of sp³-hybridized carbons (Fsp3) is 0.143. The molecular formula is C7H10Ce2N2O3. The summed E-state index contributed by atoms with van der Waals surface area (Å²) in [6.07, 6.45) is 0. The fourth-order valence-electron chi connectivity index (χ4n) is 0.659. The van der Waals surface area contributed by atoms with Gasteiger partial charge in [0.05, 0.1) is 0 Å². The van der Waals surface area contributed by atoms with Crippen LogP contribution in [0.4, 0.5) is 11.4 Å². The fourth-order valence-corrected chi connectivity index (χ4v) is 0.659. The molecule has 1 rings (SSSR count). The normalized spacial score (nSPS) is 6.07. The molecule has 0 amide bonds. The Hall–Kier alpha value is 1.45. The van der Waals surface area contributed by atoms with E-state index in [1.54, 1.807) is 6.07 Å². The van der Waals surface area contributed by atoms with E-state index < -0.39 is 0 Å². The number of aryl methyl sites for hydroxylation is 1. The van der Waals surface area contributed by atoms with Gasteiger partial charge in [-0.25, -0.2) is 0 Å². The van der Waals surface area contributed by atoms with Gasteiger partial charge in [-0.2, -0.15) is 0 Å². The van der Waals surface area contributed by atoms with Gasteiger partial charge in [-0.3, -0.25) is 0 Å². The smallest absolute Gasteiger partial charge is 2.00 e. The Morgan fingerprint density at radius 2 is 1.36 bits per heavy atom. The van der Waals surface area contributed by atoms with E-state index in [2.05, 4.69) is 0 Å². The Balaban J connectivity index is -0.0000000540. The predicted molar refractivity (Wildman–Crippen MR) is 42.1 cm³/mol. The molecule has 0 heterocycles. The van der Waals surface area contributed by atoms with E-state index in [-0.39, 0.29) is 99.9 Å². The van der Waals surface area contributed by atoms with E-state index in [1.807, 2.05) is 19.1 Å². The molecular weight excluding hydrogens is 440 g/mol. The summed E-state index contributed by atoms with van der Waals surface area (Å²) in [5, 5.41) is 0. The quantitative estimate of drug-likeness (QED) is 0.565. The van der Waals surface area contributed by atoms with Gasteiger partial charge in [-0.1, -0.05) is 6.07 Å². The molecule has 14 heavy (non-hydrogen) atoms. The molecule has 0 bridgehead atoms. The molecule has 0 aliphatic carbocycles. The second kappa shape index (κ2) is 14.5. The van der Waals surface area contributed by atoms with Crippen LogP contribution < -0.4 is 11.5 Å². The third-order valence-corrected chi connectivity index (χ3v) is 1.30. The number of hydrogen-bond acceptors (Lipinski definition) is 2. The van der Waals surface area contributed by atoms with E-state index >= 15 is 0 Å². The summed E-state index contributed by atoms with van der Waals surface area (Å²) in [6.45, 7) is 1.95. The third-order valence-electron chi connectivity index (χ3n) is 1.30. The van der Waals surface area contributed by atoms with Crippen molar-refractivity contribution in [3.63, 3.8) is 0 Å². The molecule has 0 atom stereocenters. The van der Waals surface area contributed by atoms with Crippen LogP contribution in [0.2, 0.25) is 0 Å². The average Bonchev–Trinajstić information content (AvgIpc) is 1.80. The maximum absolute atomic E-state index is 5.54. The minimum atomic E-state index is 0. The van der Waals surface area contributed by atoms with Crippen LogP contribution in [-0.2, 0) is 16.4 Å². The first-order valence-corrected chi connectivity index (χ1v) is 2.82. The van der Waals surface area contributed by atoms with Crippen LogP contribution >= 0.6 is 0 Å². The summed E-state index contributed by atoms with van der Waals surface area (Å²) >= 11 is 0. The standard InChI is InChI=1S/C7H10N2.2Ce.3O/c1-5-2-3-6(8)4-7(5)9;;;;;/h2-4H,8-9H2,1H3;;;;;/q;2*+3;3*-2. The monoisotopic (exact) mass is 450 g/mol. The van der Waals surface area contributed by atoms with Crippen LogP contribution in [0, 0.1) is 90.4 Å². The molecule has 0 aromatic heterocycles. The summed E-state index contributed by atoms with van der Waals surface area (Å²) in [5.41, 5.74) is 13.5. The molecule has 0 saturated carbocycles. The molecule has 0 saturated heterocycles. The Morgan fingerprint density at radius 1 is 0.929 bits per heavy atom. The topological polar surface area (TPSA) is 138 Å². The average molecular weight is 450 g/mol. The predicted octanol–water partition coefficient (Wildman–Crippen LogP) is 0.803. The van der Waals surface area contributed by atoms with Crippen molar-refractivity contribution in [3.05, 3.63) is 23.8 Å². The van der Waals surface area contributed by atoms with Crippen LogP contribution in [0.25, 0.3) is 0 Å². The Kier molecular flexibility index (Phi) is 30.5. The van der Waals surface area contributed by atoms with Crippen LogP contribution in [-0.4, -0.2) is 0 Å². The molecule has 2 radical (unpaired) electrons. The first-order valence-electron chi connectivity index (χ1n) is 2.82. The van der Waals surface area contributed by atoms with E-state index in [0.717, 1.165) is 16.9 Å². The van der Waals surface area contributed by atoms with Gasteiger partial charge in [0.1, 0.15) is 0 Å². The Labute approximate surface area is 151 Å². The number of rotatable bonds is 0. The van der Waals surface area contributed by atoms with Crippen molar-refractivity contribution in [2.75, 3.05) is 11.5 Å². The van der Waals surface area contributed by atoms with Crippen molar-refractivity contribution in [2.24, 2.45) is 0 Å². The van der Waals surface area contributed by atoms with E-state index in [9.17, 15) is 0 Å². The Morgan fingerprint density at radius 3 is 1.64 bits per heavy atom. The SMILES string of the molecule is Cc1ccc(N)cc1N.[Ce+3].[Ce+3].[O-2].[O-2].[O-2]. The molecule has 0 spiro atoms. The van der Waals surface area contributed by atoms with Gasteiger partial charge in [0.15, 0.2) is 0 Å². The Bertz CT molecular complexity index is 236. The minimum Gasteiger partial charge on any atom is -2.00 e. The second-order valence-electron chi connectivity index (χ2n) is 2.12.